The molecule has 0 bridgehead atoms. The maximum absolute atomic E-state index is 5.98. The van der Waals surface area contributed by atoms with Crippen LogP contribution in [0.15, 0.2) is 66.7 Å². The standard InChI is InChI=1S/C26H30O/c1-2-6-20-9-11-22(12-10-20)23-13-14-25-18-26(16-15-24(25)17-23)27-19-21-7-4-3-5-8-21/h3-5,7-8,13-18,20,22H,2,6,9-12,19H2,1H3/t20-,22-. The summed E-state index contributed by atoms with van der Waals surface area (Å²) in [5.41, 5.74) is 2.72. The summed E-state index contributed by atoms with van der Waals surface area (Å²) in [6.45, 7) is 2.93. The molecule has 0 atom stereocenters. The Balaban J connectivity index is 1.43. The second-order valence-electron chi connectivity index (χ2n) is 8.05. The molecule has 0 aromatic heterocycles. The van der Waals surface area contributed by atoms with E-state index in [4.69, 9.17) is 4.74 Å². The van der Waals surface area contributed by atoms with Gasteiger partial charge in [0.2, 0.25) is 0 Å². The Kier molecular flexibility index (Phi) is 5.77. The lowest BCUT2D eigenvalue weighted by molar-refractivity contribution is 0.306. The van der Waals surface area contributed by atoms with Crippen molar-refractivity contribution in [3.8, 4) is 5.75 Å². The van der Waals surface area contributed by atoms with Crippen LogP contribution in [0.5, 0.6) is 5.75 Å². The Morgan fingerprint density at radius 2 is 1.56 bits per heavy atom. The van der Waals surface area contributed by atoms with Crippen LogP contribution in [0, 0.1) is 5.92 Å². The summed E-state index contributed by atoms with van der Waals surface area (Å²) in [5, 5.41) is 2.60. The number of benzene rings is 3. The Morgan fingerprint density at radius 3 is 2.33 bits per heavy atom. The van der Waals surface area contributed by atoms with Crippen molar-refractivity contribution in [2.24, 2.45) is 5.92 Å². The fourth-order valence-corrected chi connectivity index (χ4v) is 4.52. The number of fused-ring (bicyclic) bond motifs is 1. The quantitative estimate of drug-likeness (QED) is 0.443. The van der Waals surface area contributed by atoms with E-state index in [-0.39, 0.29) is 0 Å². The second-order valence-corrected chi connectivity index (χ2v) is 8.05. The zero-order valence-electron chi connectivity index (χ0n) is 16.4. The molecule has 0 radical (unpaired) electrons. The Hall–Kier alpha value is -2.28. The molecule has 0 aliphatic heterocycles. The minimum absolute atomic E-state index is 0.616. The average molecular weight is 359 g/mol. The van der Waals surface area contributed by atoms with Gasteiger partial charge in [-0.05, 0) is 71.6 Å². The molecular formula is C26H30O. The van der Waals surface area contributed by atoms with E-state index in [0.717, 1.165) is 17.6 Å². The van der Waals surface area contributed by atoms with Crippen molar-refractivity contribution >= 4 is 10.8 Å². The lowest BCUT2D eigenvalue weighted by Crippen LogP contribution is -2.13. The summed E-state index contributed by atoms with van der Waals surface area (Å²) >= 11 is 0. The Bertz CT molecular complexity index is 860. The number of rotatable bonds is 6. The third kappa shape index (κ3) is 4.53. The Labute approximate surface area is 163 Å². The van der Waals surface area contributed by atoms with E-state index < -0.39 is 0 Å². The van der Waals surface area contributed by atoms with Gasteiger partial charge in [0.1, 0.15) is 12.4 Å². The van der Waals surface area contributed by atoms with Crippen molar-refractivity contribution in [1.29, 1.82) is 0 Å². The van der Waals surface area contributed by atoms with Gasteiger partial charge in [-0.1, -0.05) is 74.4 Å². The third-order valence-corrected chi connectivity index (χ3v) is 6.10. The minimum atomic E-state index is 0.616. The average Bonchev–Trinajstić information content (AvgIpc) is 2.73. The van der Waals surface area contributed by atoms with E-state index in [1.165, 1.54) is 60.4 Å². The normalized spacial score (nSPS) is 19.9. The topological polar surface area (TPSA) is 9.23 Å². The highest BCUT2D eigenvalue weighted by molar-refractivity contribution is 5.84. The molecule has 27 heavy (non-hydrogen) atoms. The smallest absolute Gasteiger partial charge is 0.120 e. The highest BCUT2D eigenvalue weighted by Gasteiger charge is 2.21. The van der Waals surface area contributed by atoms with Crippen LogP contribution in [-0.4, -0.2) is 0 Å². The monoisotopic (exact) mass is 358 g/mol. The summed E-state index contributed by atoms with van der Waals surface area (Å²) < 4.78 is 5.98. The van der Waals surface area contributed by atoms with Gasteiger partial charge in [-0.3, -0.25) is 0 Å². The van der Waals surface area contributed by atoms with Crippen LogP contribution < -0.4 is 4.74 Å². The van der Waals surface area contributed by atoms with Gasteiger partial charge in [-0.25, -0.2) is 0 Å². The minimum Gasteiger partial charge on any atom is -0.489 e. The molecule has 1 fully saturated rings. The lowest BCUT2D eigenvalue weighted by Gasteiger charge is -2.28. The first-order valence-corrected chi connectivity index (χ1v) is 10.5. The Morgan fingerprint density at radius 1 is 0.815 bits per heavy atom. The molecule has 0 unspecified atom stereocenters. The SMILES string of the molecule is CCC[C@H]1CC[C@H](c2ccc3cc(OCc4ccccc4)ccc3c2)CC1. The van der Waals surface area contributed by atoms with E-state index in [1.807, 2.05) is 6.07 Å². The third-order valence-electron chi connectivity index (χ3n) is 6.10. The van der Waals surface area contributed by atoms with E-state index in [2.05, 4.69) is 67.6 Å². The fourth-order valence-electron chi connectivity index (χ4n) is 4.52. The predicted octanol–water partition coefficient (Wildman–Crippen LogP) is 7.49. The molecule has 0 amide bonds. The van der Waals surface area contributed by atoms with Gasteiger partial charge in [-0.2, -0.15) is 0 Å². The lowest BCUT2D eigenvalue weighted by atomic mass is 9.77. The van der Waals surface area contributed by atoms with Crippen molar-refractivity contribution in [3.63, 3.8) is 0 Å². The van der Waals surface area contributed by atoms with E-state index in [0.29, 0.717) is 6.61 Å². The number of hydrogen-bond donors (Lipinski definition) is 0. The molecule has 4 rings (SSSR count). The van der Waals surface area contributed by atoms with Gasteiger partial charge < -0.3 is 4.74 Å². The van der Waals surface area contributed by atoms with Crippen molar-refractivity contribution in [3.05, 3.63) is 77.9 Å². The molecule has 0 N–H and O–H groups in total. The highest BCUT2D eigenvalue weighted by atomic mass is 16.5. The van der Waals surface area contributed by atoms with Crippen LogP contribution in [0.3, 0.4) is 0 Å². The van der Waals surface area contributed by atoms with Crippen LogP contribution in [0.4, 0.5) is 0 Å². The molecule has 0 saturated heterocycles. The summed E-state index contributed by atoms with van der Waals surface area (Å²) in [6.07, 6.45) is 8.27. The van der Waals surface area contributed by atoms with Gasteiger partial charge in [0.15, 0.2) is 0 Å². The molecule has 0 heterocycles. The van der Waals surface area contributed by atoms with Crippen LogP contribution in [0.1, 0.15) is 62.5 Å². The fraction of sp³-hybridized carbons (Fsp3) is 0.385. The largest absolute Gasteiger partial charge is 0.489 e. The molecule has 0 spiro atoms. The molecule has 140 valence electrons. The highest BCUT2D eigenvalue weighted by Crippen LogP contribution is 2.38. The zero-order chi connectivity index (χ0) is 18.5. The van der Waals surface area contributed by atoms with Crippen LogP contribution in [0.25, 0.3) is 10.8 Å². The maximum atomic E-state index is 5.98. The first kappa shape index (κ1) is 18.1. The maximum Gasteiger partial charge on any atom is 0.120 e. The molecule has 1 aliphatic carbocycles. The van der Waals surface area contributed by atoms with E-state index in [9.17, 15) is 0 Å². The number of ether oxygens (including phenoxy) is 1. The van der Waals surface area contributed by atoms with Gasteiger partial charge >= 0.3 is 0 Å². The summed E-state index contributed by atoms with van der Waals surface area (Å²) in [5.74, 6) is 2.66. The molecule has 1 saturated carbocycles. The molecule has 1 aliphatic rings. The van der Waals surface area contributed by atoms with E-state index >= 15 is 0 Å². The van der Waals surface area contributed by atoms with Gasteiger partial charge in [0, 0.05) is 0 Å². The summed E-state index contributed by atoms with van der Waals surface area (Å²) in [6, 6.07) is 23.8. The second kappa shape index (κ2) is 8.61. The van der Waals surface area contributed by atoms with Gasteiger partial charge in [0.05, 0.1) is 0 Å². The van der Waals surface area contributed by atoms with Gasteiger partial charge in [0.25, 0.3) is 0 Å². The molecule has 1 heteroatoms. The van der Waals surface area contributed by atoms with Crippen molar-refractivity contribution in [1.82, 2.24) is 0 Å². The molecule has 1 nitrogen and oxygen atoms in total. The van der Waals surface area contributed by atoms with Gasteiger partial charge in [-0.15, -0.1) is 0 Å². The summed E-state index contributed by atoms with van der Waals surface area (Å²) in [4.78, 5) is 0. The molecule has 3 aromatic rings. The molecule has 3 aromatic carbocycles. The van der Waals surface area contributed by atoms with Crippen molar-refractivity contribution in [2.75, 3.05) is 0 Å². The van der Waals surface area contributed by atoms with Crippen LogP contribution in [0.2, 0.25) is 0 Å². The first-order valence-electron chi connectivity index (χ1n) is 10.5. The molecular weight excluding hydrogens is 328 g/mol. The van der Waals surface area contributed by atoms with Crippen molar-refractivity contribution < 1.29 is 4.74 Å². The van der Waals surface area contributed by atoms with E-state index in [1.54, 1.807) is 0 Å². The summed E-state index contributed by atoms with van der Waals surface area (Å²) in [7, 11) is 0. The van der Waals surface area contributed by atoms with Crippen molar-refractivity contribution in [2.45, 2.75) is 58.0 Å². The predicted molar refractivity (Wildman–Crippen MR) is 114 cm³/mol. The zero-order valence-corrected chi connectivity index (χ0v) is 16.4. The number of hydrogen-bond acceptors (Lipinski definition) is 1. The first-order chi connectivity index (χ1) is 13.3. The van der Waals surface area contributed by atoms with Crippen LogP contribution >= 0.6 is 0 Å². The van der Waals surface area contributed by atoms with Crippen LogP contribution in [-0.2, 0) is 6.61 Å².